The lowest BCUT2D eigenvalue weighted by Gasteiger charge is -2.30. The van der Waals surface area contributed by atoms with Gasteiger partial charge in [-0.25, -0.2) is 4.39 Å². The second kappa shape index (κ2) is 14.3. The highest BCUT2D eigenvalue weighted by Gasteiger charge is 2.42. The largest absolute Gasteiger partial charge is 0.497 e. The minimum absolute atomic E-state index is 0.104. The summed E-state index contributed by atoms with van der Waals surface area (Å²) < 4.78 is 25.4. The average Bonchev–Trinajstić information content (AvgIpc) is 3.42. The van der Waals surface area contributed by atoms with Crippen LogP contribution in [0.3, 0.4) is 0 Å². The average molecular weight is 600 g/mol. The minimum atomic E-state index is -0.215. The first-order chi connectivity index (χ1) is 22.1. The summed E-state index contributed by atoms with van der Waals surface area (Å²) in [4.78, 5) is 15.8. The second-order valence-corrected chi connectivity index (χ2v) is 11.6. The van der Waals surface area contributed by atoms with E-state index in [4.69, 9.17) is 9.47 Å². The van der Waals surface area contributed by atoms with Crippen LogP contribution in [0.15, 0.2) is 127 Å². The lowest BCUT2D eigenvalue weighted by molar-refractivity contribution is -0.117. The number of benzene rings is 5. The van der Waals surface area contributed by atoms with Gasteiger partial charge in [0.15, 0.2) is 0 Å². The molecule has 5 aromatic carbocycles. The summed E-state index contributed by atoms with van der Waals surface area (Å²) in [5.74, 6) is 1.43. The van der Waals surface area contributed by atoms with Crippen molar-refractivity contribution in [1.82, 2.24) is 0 Å². The molecule has 6 rings (SSSR count). The van der Waals surface area contributed by atoms with Crippen molar-refractivity contribution < 1.29 is 18.7 Å². The molecular weight excluding hydrogens is 561 g/mol. The summed E-state index contributed by atoms with van der Waals surface area (Å²) in [6, 6.07) is 41.1. The third kappa shape index (κ3) is 7.26. The number of rotatable bonds is 12. The molecule has 1 aliphatic heterocycles. The topological polar surface area (TPSA) is 38.8 Å². The Labute approximate surface area is 265 Å². The van der Waals surface area contributed by atoms with Gasteiger partial charge in [-0.15, -0.1) is 0 Å². The fourth-order valence-electron chi connectivity index (χ4n) is 6.34. The number of hydrogen-bond donors (Lipinski definition) is 0. The Morgan fingerprint density at radius 2 is 1.44 bits per heavy atom. The number of carbonyl (C=O) groups is 1. The zero-order valence-electron chi connectivity index (χ0n) is 25.6. The maximum absolute atomic E-state index is 13.8. The molecule has 1 aliphatic rings. The number of methoxy groups -OCH3 is 1. The molecule has 1 amide bonds. The molecule has 228 valence electrons. The number of ether oxygens (including phenoxy) is 2. The standard InChI is InChI=1S/C40H38FNO3/c1-44-36-24-25-37(38(27-36)45-28-30-11-4-2-5-12-30)40-33(15-9-8-10-29-16-20-34(41)21-17-29)26-39(43)42(40)35-22-18-32(19-23-35)31-13-6-3-7-14-31/h2-7,11-14,16-25,27,33,40H,8-10,15,26,28H2,1H3. The Hall–Kier alpha value is -4.90. The van der Waals surface area contributed by atoms with Gasteiger partial charge in [0.05, 0.1) is 13.2 Å². The molecule has 45 heavy (non-hydrogen) atoms. The van der Waals surface area contributed by atoms with Gasteiger partial charge in [0.2, 0.25) is 5.91 Å². The maximum atomic E-state index is 13.8. The van der Waals surface area contributed by atoms with Crippen LogP contribution in [0.25, 0.3) is 11.1 Å². The molecule has 2 atom stereocenters. The Kier molecular flexibility index (Phi) is 9.55. The van der Waals surface area contributed by atoms with E-state index in [2.05, 4.69) is 42.5 Å². The summed E-state index contributed by atoms with van der Waals surface area (Å²) in [7, 11) is 1.65. The van der Waals surface area contributed by atoms with Gasteiger partial charge >= 0.3 is 0 Å². The molecule has 0 aromatic heterocycles. The van der Waals surface area contributed by atoms with Crippen molar-refractivity contribution in [2.75, 3.05) is 12.0 Å². The molecule has 0 radical (unpaired) electrons. The Balaban J connectivity index is 1.30. The summed E-state index contributed by atoms with van der Waals surface area (Å²) in [6.45, 7) is 0.412. The van der Waals surface area contributed by atoms with Crippen molar-refractivity contribution in [3.63, 3.8) is 0 Å². The van der Waals surface area contributed by atoms with Gasteiger partial charge in [0.25, 0.3) is 0 Å². The number of carbonyl (C=O) groups excluding carboxylic acids is 1. The monoisotopic (exact) mass is 599 g/mol. The van der Waals surface area contributed by atoms with E-state index < -0.39 is 0 Å². The first-order valence-corrected chi connectivity index (χ1v) is 15.7. The summed E-state index contributed by atoms with van der Waals surface area (Å²) in [5, 5.41) is 0. The maximum Gasteiger partial charge on any atom is 0.227 e. The van der Waals surface area contributed by atoms with Crippen LogP contribution in [0.2, 0.25) is 0 Å². The van der Waals surface area contributed by atoms with E-state index >= 15 is 0 Å². The quantitative estimate of drug-likeness (QED) is 0.134. The van der Waals surface area contributed by atoms with E-state index in [1.807, 2.05) is 77.7 Å². The van der Waals surface area contributed by atoms with Crippen molar-refractivity contribution in [1.29, 1.82) is 0 Å². The van der Waals surface area contributed by atoms with E-state index in [1.165, 1.54) is 12.1 Å². The van der Waals surface area contributed by atoms with Crippen molar-refractivity contribution in [3.8, 4) is 22.6 Å². The Bertz CT molecular complexity index is 1690. The highest BCUT2D eigenvalue weighted by molar-refractivity contribution is 5.97. The third-order valence-electron chi connectivity index (χ3n) is 8.66. The first-order valence-electron chi connectivity index (χ1n) is 15.7. The molecule has 0 N–H and O–H groups in total. The van der Waals surface area contributed by atoms with E-state index in [1.54, 1.807) is 7.11 Å². The molecular formula is C40H38FNO3. The summed E-state index contributed by atoms with van der Waals surface area (Å²) in [6.07, 6.45) is 4.16. The van der Waals surface area contributed by atoms with E-state index in [-0.39, 0.29) is 23.7 Å². The predicted octanol–water partition coefficient (Wildman–Crippen LogP) is 9.59. The van der Waals surface area contributed by atoms with Crippen LogP contribution in [0.5, 0.6) is 11.5 Å². The molecule has 0 saturated carbocycles. The van der Waals surface area contributed by atoms with Gasteiger partial charge in [-0.3, -0.25) is 4.79 Å². The highest BCUT2D eigenvalue weighted by atomic mass is 19.1. The van der Waals surface area contributed by atoms with Gasteiger partial charge in [0.1, 0.15) is 23.9 Å². The van der Waals surface area contributed by atoms with Gasteiger partial charge in [-0.2, -0.15) is 0 Å². The fraction of sp³-hybridized carbons (Fsp3) is 0.225. The number of unbranched alkanes of at least 4 members (excludes halogenated alkanes) is 1. The third-order valence-corrected chi connectivity index (χ3v) is 8.66. The van der Waals surface area contributed by atoms with Gasteiger partial charge < -0.3 is 14.4 Å². The molecule has 0 bridgehead atoms. The normalized spacial score (nSPS) is 16.1. The molecule has 5 aromatic rings. The smallest absolute Gasteiger partial charge is 0.227 e. The van der Waals surface area contributed by atoms with Gasteiger partial charge in [-0.1, -0.05) is 91.3 Å². The van der Waals surface area contributed by atoms with Crippen molar-refractivity contribution in [2.24, 2.45) is 5.92 Å². The first kappa shape index (κ1) is 30.1. The fourth-order valence-corrected chi connectivity index (χ4v) is 6.34. The van der Waals surface area contributed by atoms with Crippen molar-refractivity contribution >= 4 is 11.6 Å². The molecule has 1 heterocycles. The van der Waals surface area contributed by atoms with Gasteiger partial charge in [-0.05, 0) is 83.8 Å². The zero-order valence-corrected chi connectivity index (χ0v) is 25.6. The van der Waals surface area contributed by atoms with E-state index in [9.17, 15) is 9.18 Å². The van der Waals surface area contributed by atoms with Crippen LogP contribution in [0.1, 0.15) is 48.4 Å². The molecule has 4 nitrogen and oxygen atoms in total. The number of halogens is 1. The summed E-state index contributed by atoms with van der Waals surface area (Å²) >= 11 is 0. The zero-order chi connectivity index (χ0) is 31.0. The number of nitrogens with zero attached hydrogens (tertiary/aromatic N) is 1. The van der Waals surface area contributed by atoms with Crippen molar-refractivity contribution in [3.05, 3.63) is 150 Å². The van der Waals surface area contributed by atoms with Crippen LogP contribution >= 0.6 is 0 Å². The molecule has 1 saturated heterocycles. The minimum Gasteiger partial charge on any atom is -0.497 e. The number of hydrogen-bond acceptors (Lipinski definition) is 3. The lowest BCUT2D eigenvalue weighted by atomic mass is 9.88. The van der Waals surface area contributed by atoms with Crippen LogP contribution in [0, 0.1) is 11.7 Å². The second-order valence-electron chi connectivity index (χ2n) is 11.6. The molecule has 2 unspecified atom stereocenters. The van der Waals surface area contributed by atoms with Gasteiger partial charge in [0, 0.05) is 23.7 Å². The molecule has 5 heteroatoms. The van der Waals surface area contributed by atoms with E-state index in [0.29, 0.717) is 18.8 Å². The Morgan fingerprint density at radius 1 is 0.756 bits per heavy atom. The molecule has 0 spiro atoms. The lowest BCUT2D eigenvalue weighted by Crippen LogP contribution is -2.29. The number of amides is 1. The van der Waals surface area contributed by atoms with Crippen LogP contribution < -0.4 is 14.4 Å². The summed E-state index contributed by atoms with van der Waals surface area (Å²) in [5.41, 5.74) is 6.30. The Morgan fingerprint density at radius 3 is 2.16 bits per heavy atom. The van der Waals surface area contributed by atoms with E-state index in [0.717, 1.165) is 64.9 Å². The number of aryl methyl sites for hydroxylation is 1. The predicted molar refractivity (Wildman–Crippen MR) is 178 cm³/mol. The SMILES string of the molecule is COc1ccc(C2C(CCCCc3ccc(F)cc3)CC(=O)N2c2ccc(-c3ccccc3)cc2)c(OCc2ccccc2)c1. The molecule has 1 fully saturated rings. The highest BCUT2D eigenvalue weighted by Crippen LogP contribution is 2.47. The van der Waals surface area contributed by atoms with Crippen molar-refractivity contribution in [2.45, 2.75) is 44.8 Å². The van der Waals surface area contributed by atoms with Crippen LogP contribution in [-0.4, -0.2) is 13.0 Å². The van der Waals surface area contributed by atoms with Crippen LogP contribution in [0.4, 0.5) is 10.1 Å². The molecule has 0 aliphatic carbocycles. The number of anilines is 1. The van der Waals surface area contributed by atoms with Crippen LogP contribution in [-0.2, 0) is 17.8 Å².